The number of anilines is 1. The molecule has 2 N–H and O–H groups in total. The summed E-state index contributed by atoms with van der Waals surface area (Å²) in [5.74, 6) is 0. The molecule has 5 nitrogen and oxygen atoms in total. The summed E-state index contributed by atoms with van der Waals surface area (Å²) in [5, 5.41) is 18.4. The summed E-state index contributed by atoms with van der Waals surface area (Å²) >= 11 is 0. The van der Waals surface area contributed by atoms with Crippen molar-refractivity contribution in [2.24, 2.45) is 0 Å². The van der Waals surface area contributed by atoms with Crippen molar-refractivity contribution in [3.05, 3.63) is 24.0 Å². The summed E-state index contributed by atoms with van der Waals surface area (Å²) in [5.41, 5.74) is 1.36. The minimum absolute atomic E-state index is 0.0118. The Morgan fingerprint density at radius 1 is 1.50 bits per heavy atom. The molecule has 0 spiro atoms. The first-order chi connectivity index (χ1) is 8.54. The van der Waals surface area contributed by atoms with Gasteiger partial charge in [0.15, 0.2) is 0 Å². The predicted octanol–water partition coefficient (Wildman–Crippen LogP) is 0.550. The molecule has 100 valence electrons. The maximum absolute atomic E-state index is 9.28. The van der Waals surface area contributed by atoms with Crippen LogP contribution in [0.15, 0.2) is 18.3 Å². The molecule has 0 bridgehead atoms. The molecular weight excluding hydrogens is 232 g/mol. The summed E-state index contributed by atoms with van der Waals surface area (Å²) in [4.78, 5) is 6.23. The fourth-order valence-electron chi connectivity index (χ4n) is 2.34. The lowest BCUT2D eigenvalue weighted by molar-refractivity contribution is -0.101. The van der Waals surface area contributed by atoms with E-state index in [1.807, 2.05) is 26.0 Å². The van der Waals surface area contributed by atoms with Crippen LogP contribution in [0.2, 0.25) is 0 Å². The lowest BCUT2D eigenvalue weighted by Gasteiger charge is -2.43. The number of aliphatic hydroxyl groups excluding tert-OH is 2. The van der Waals surface area contributed by atoms with Gasteiger partial charge in [-0.2, -0.15) is 0 Å². The van der Waals surface area contributed by atoms with Crippen LogP contribution in [0.1, 0.15) is 19.5 Å². The van der Waals surface area contributed by atoms with Gasteiger partial charge in [-0.15, -0.1) is 0 Å². The van der Waals surface area contributed by atoms with Gasteiger partial charge in [0.05, 0.1) is 30.6 Å². The molecule has 1 aromatic heterocycles. The van der Waals surface area contributed by atoms with E-state index < -0.39 is 0 Å². The Hall–Kier alpha value is -1.17. The number of hydrogen-bond acceptors (Lipinski definition) is 5. The van der Waals surface area contributed by atoms with Crippen LogP contribution in [0.3, 0.4) is 0 Å². The van der Waals surface area contributed by atoms with E-state index in [0.29, 0.717) is 12.2 Å². The summed E-state index contributed by atoms with van der Waals surface area (Å²) in [6, 6.07) is 3.78. The summed E-state index contributed by atoms with van der Waals surface area (Å²) in [7, 11) is 0. The molecule has 2 heterocycles. The fourth-order valence-corrected chi connectivity index (χ4v) is 2.34. The molecule has 0 aliphatic carbocycles. The first-order valence-corrected chi connectivity index (χ1v) is 6.13. The molecule has 1 unspecified atom stereocenters. The van der Waals surface area contributed by atoms with E-state index in [9.17, 15) is 5.11 Å². The Morgan fingerprint density at radius 2 is 2.28 bits per heavy atom. The SMILES string of the molecule is CC1(C)CN(c2ccnc(CO)c2)CC(CO)O1. The predicted molar refractivity (Wildman–Crippen MR) is 68.4 cm³/mol. The summed E-state index contributed by atoms with van der Waals surface area (Å²) in [6.45, 7) is 5.36. The first kappa shape index (κ1) is 13.3. The highest BCUT2D eigenvalue weighted by Crippen LogP contribution is 2.26. The van der Waals surface area contributed by atoms with Crippen molar-refractivity contribution in [1.82, 2.24) is 4.98 Å². The fraction of sp³-hybridized carbons (Fsp3) is 0.615. The molecule has 1 fully saturated rings. The van der Waals surface area contributed by atoms with Crippen LogP contribution >= 0.6 is 0 Å². The minimum Gasteiger partial charge on any atom is -0.394 e. The molecule has 1 saturated heterocycles. The van der Waals surface area contributed by atoms with Crippen LogP contribution in [0, 0.1) is 0 Å². The maximum atomic E-state index is 9.28. The van der Waals surface area contributed by atoms with Crippen molar-refractivity contribution in [2.45, 2.75) is 32.2 Å². The van der Waals surface area contributed by atoms with E-state index in [1.54, 1.807) is 6.20 Å². The lowest BCUT2D eigenvalue weighted by atomic mass is 10.0. The second kappa shape index (κ2) is 5.22. The van der Waals surface area contributed by atoms with E-state index in [1.165, 1.54) is 0 Å². The monoisotopic (exact) mass is 252 g/mol. The smallest absolute Gasteiger partial charge is 0.0988 e. The van der Waals surface area contributed by atoms with Gasteiger partial charge in [0.2, 0.25) is 0 Å². The number of nitrogens with zero attached hydrogens (tertiary/aromatic N) is 2. The number of hydrogen-bond donors (Lipinski definition) is 2. The number of aliphatic hydroxyl groups is 2. The van der Waals surface area contributed by atoms with Gasteiger partial charge in [-0.25, -0.2) is 0 Å². The number of morpholine rings is 1. The maximum Gasteiger partial charge on any atom is 0.0988 e. The van der Waals surface area contributed by atoms with Gasteiger partial charge in [0.1, 0.15) is 0 Å². The number of aromatic nitrogens is 1. The Morgan fingerprint density at radius 3 is 2.94 bits per heavy atom. The van der Waals surface area contributed by atoms with Crippen LogP contribution in [-0.4, -0.2) is 46.6 Å². The normalized spacial score (nSPS) is 23.1. The Labute approximate surface area is 107 Å². The second-order valence-corrected chi connectivity index (χ2v) is 5.23. The zero-order valence-corrected chi connectivity index (χ0v) is 10.8. The third-order valence-electron chi connectivity index (χ3n) is 3.01. The molecule has 5 heteroatoms. The van der Waals surface area contributed by atoms with Crippen molar-refractivity contribution in [2.75, 3.05) is 24.6 Å². The van der Waals surface area contributed by atoms with Crippen LogP contribution in [0.4, 0.5) is 5.69 Å². The molecule has 0 amide bonds. The van der Waals surface area contributed by atoms with Crippen LogP contribution in [0.25, 0.3) is 0 Å². The third kappa shape index (κ3) is 2.98. The summed E-state index contributed by atoms with van der Waals surface area (Å²) in [6.07, 6.45) is 1.51. The molecule has 0 saturated carbocycles. The van der Waals surface area contributed by atoms with Gasteiger partial charge < -0.3 is 19.8 Å². The Bertz CT molecular complexity index is 409. The zero-order valence-electron chi connectivity index (χ0n) is 10.8. The van der Waals surface area contributed by atoms with Crippen LogP contribution < -0.4 is 4.90 Å². The molecule has 1 aromatic rings. The van der Waals surface area contributed by atoms with E-state index in [4.69, 9.17) is 9.84 Å². The Kier molecular flexibility index (Phi) is 3.85. The molecule has 1 aliphatic heterocycles. The zero-order chi connectivity index (χ0) is 13.2. The van der Waals surface area contributed by atoms with Gasteiger partial charge in [0, 0.05) is 25.0 Å². The summed E-state index contributed by atoms with van der Waals surface area (Å²) < 4.78 is 5.77. The van der Waals surface area contributed by atoms with Gasteiger partial charge in [-0.3, -0.25) is 4.98 Å². The average molecular weight is 252 g/mol. The standard InChI is InChI=1S/C13H20N2O3/c1-13(2)9-15(6-12(8-17)18-13)11-3-4-14-10(5-11)7-16/h3-5,12,16-17H,6-9H2,1-2H3. The van der Waals surface area contributed by atoms with E-state index in [-0.39, 0.29) is 24.9 Å². The van der Waals surface area contributed by atoms with E-state index in [2.05, 4.69) is 9.88 Å². The molecule has 2 rings (SSSR count). The van der Waals surface area contributed by atoms with Gasteiger partial charge >= 0.3 is 0 Å². The third-order valence-corrected chi connectivity index (χ3v) is 3.01. The van der Waals surface area contributed by atoms with Crippen LogP contribution in [0.5, 0.6) is 0 Å². The quantitative estimate of drug-likeness (QED) is 0.822. The van der Waals surface area contributed by atoms with Gasteiger partial charge in [-0.1, -0.05) is 0 Å². The van der Waals surface area contributed by atoms with Crippen molar-refractivity contribution >= 4 is 5.69 Å². The minimum atomic E-state index is -0.297. The number of pyridine rings is 1. The Balaban J connectivity index is 2.20. The number of ether oxygens (including phenoxy) is 1. The van der Waals surface area contributed by atoms with Crippen molar-refractivity contribution in [1.29, 1.82) is 0 Å². The highest BCUT2D eigenvalue weighted by atomic mass is 16.5. The van der Waals surface area contributed by atoms with Crippen molar-refractivity contribution < 1.29 is 14.9 Å². The molecule has 18 heavy (non-hydrogen) atoms. The largest absolute Gasteiger partial charge is 0.394 e. The second-order valence-electron chi connectivity index (χ2n) is 5.23. The number of rotatable bonds is 3. The van der Waals surface area contributed by atoms with Crippen molar-refractivity contribution in [3.8, 4) is 0 Å². The molecule has 0 radical (unpaired) electrons. The van der Waals surface area contributed by atoms with Crippen molar-refractivity contribution in [3.63, 3.8) is 0 Å². The van der Waals surface area contributed by atoms with Gasteiger partial charge in [0.25, 0.3) is 0 Å². The van der Waals surface area contributed by atoms with E-state index >= 15 is 0 Å². The lowest BCUT2D eigenvalue weighted by Crippen LogP contribution is -2.54. The first-order valence-electron chi connectivity index (χ1n) is 6.13. The molecule has 1 aliphatic rings. The van der Waals surface area contributed by atoms with Gasteiger partial charge in [-0.05, 0) is 26.0 Å². The highest BCUT2D eigenvalue weighted by molar-refractivity contribution is 5.47. The van der Waals surface area contributed by atoms with E-state index in [0.717, 1.165) is 12.2 Å². The average Bonchev–Trinajstić information content (AvgIpc) is 2.37. The topological polar surface area (TPSA) is 65.8 Å². The molecule has 0 aromatic carbocycles. The van der Waals surface area contributed by atoms with Crippen LogP contribution in [-0.2, 0) is 11.3 Å². The molecular formula is C13H20N2O3. The highest BCUT2D eigenvalue weighted by Gasteiger charge is 2.33. The molecule has 1 atom stereocenters.